The van der Waals surface area contributed by atoms with E-state index in [9.17, 15) is 0 Å². The molecule has 0 fully saturated rings. The van der Waals surface area contributed by atoms with Crippen LogP contribution in [0, 0.1) is 0 Å². The standard InChI is InChI=1S/C13H17BrN2O/c1-2-3-7-11(16-15)12-8-9-5-4-6-10(14)13(9)17-12/h4-6,8,11,16H,2-3,7,15H2,1H3. The highest BCUT2D eigenvalue weighted by atomic mass is 79.9. The topological polar surface area (TPSA) is 51.2 Å². The zero-order valence-electron chi connectivity index (χ0n) is 9.87. The first-order chi connectivity index (χ1) is 8.26. The van der Waals surface area contributed by atoms with Crippen LogP contribution < -0.4 is 11.3 Å². The van der Waals surface area contributed by atoms with Crippen molar-refractivity contribution in [1.29, 1.82) is 0 Å². The summed E-state index contributed by atoms with van der Waals surface area (Å²) in [6.45, 7) is 2.17. The molecule has 0 radical (unpaired) electrons. The molecule has 1 unspecified atom stereocenters. The summed E-state index contributed by atoms with van der Waals surface area (Å²) in [5.74, 6) is 6.49. The molecule has 4 heteroatoms. The molecule has 1 heterocycles. The minimum absolute atomic E-state index is 0.0919. The molecule has 3 N–H and O–H groups in total. The number of halogens is 1. The Labute approximate surface area is 109 Å². The third kappa shape index (κ3) is 2.70. The molecular formula is C13H17BrN2O. The lowest BCUT2D eigenvalue weighted by Crippen LogP contribution is -2.27. The zero-order valence-corrected chi connectivity index (χ0v) is 11.5. The Bertz CT molecular complexity index is 495. The molecule has 0 amide bonds. The summed E-state index contributed by atoms with van der Waals surface area (Å²) < 4.78 is 6.84. The van der Waals surface area contributed by atoms with Gasteiger partial charge in [-0.3, -0.25) is 5.84 Å². The third-order valence-electron chi connectivity index (χ3n) is 2.91. The highest BCUT2D eigenvalue weighted by molar-refractivity contribution is 9.10. The van der Waals surface area contributed by atoms with Crippen molar-refractivity contribution in [2.45, 2.75) is 32.2 Å². The van der Waals surface area contributed by atoms with E-state index in [4.69, 9.17) is 10.3 Å². The van der Waals surface area contributed by atoms with E-state index in [1.54, 1.807) is 0 Å². The van der Waals surface area contributed by atoms with Gasteiger partial charge >= 0.3 is 0 Å². The van der Waals surface area contributed by atoms with Gasteiger partial charge < -0.3 is 4.42 Å². The van der Waals surface area contributed by atoms with Crippen molar-refractivity contribution in [3.05, 3.63) is 34.5 Å². The van der Waals surface area contributed by atoms with E-state index in [0.29, 0.717) is 0 Å². The summed E-state index contributed by atoms with van der Waals surface area (Å²) in [5, 5.41) is 1.10. The second-order valence-corrected chi connectivity index (χ2v) is 5.02. The van der Waals surface area contributed by atoms with Gasteiger partial charge in [0.05, 0.1) is 10.5 Å². The number of furan rings is 1. The zero-order chi connectivity index (χ0) is 12.3. The van der Waals surface area contributed by atoms with E-state index in [1.807, 2.05) is 18.2 Å². The summed E-state index contributed by atoms with van der Waals surface area (Å²) >= 11 is 3.49. The van der Waals surface area contributed by atoms with Crippen molar-refractivity contribution in [3.8, 4) is 0 Å². The van der Waals surface area contributed by atoms with E-state index >= 15 is 0 Å². The van der Waals surface area contributed by atoms with Crippen molar-refractivity contribution < 1.29 is 4.42 Å². The number of unbranched alkanes of at least 4 members (excludes halogenated alkanes) is 1. The molecule has 1 aromatic heterocycles. The molecule has 3 nitrogen and oxygen atoms in total. The Balaban J connectivity index is 2.31. The molecule has 0 aliphatic heterocycles. The first-order valence-electron chi connectivity index (χ1n) is 5.90. The molecule has 1 aromatic carbocycles. The summed E-state index contributed by atoms with van der Waals surface area (Å²) in [6, 6.07) is 8.17. The number of benzene rings is 1. The molecule has 2 rings (SSSR count). The van der Waals surface area contributed by atoms with Crippen LogP contribution >= 0.6 is 15.9 Å². The van der Waals surface area contributed by atoms with Gasteiger partial charge in [-0.05, 0) is 34.5 Å². The van der Waals surface area contributed by atoms with Gasteiger partial charge in [0.25, 0.3) is 0 Å². The number of rotatable bonds is 5. The third-order valence-corrected chi connectivity index (χ3v) is 3.53. The van der Waals surface area contributed by atoms with Gasteiger partial charge in [0, 0.05) is 5.39 Å². The average Bonchev–Trinajstić information content (AvgIpc) is 2.75. The molecule has 0 spiro atoms. The van der Waals surface area contributed by atoms with Crippen molar-refractivity contribution in [2.24, 2.45) is 5.84 Å². The number of fused-ring (bicyclic) bond motifs is 1. The van der Waals surface area contributed by atoms with Crippen LogP contribution in [0.15, 0.2) is 33.2 Å². The van der Waals surface area contributed by atoms with E-state index in [-0.39, 0.29) is 6.04 Å². The van der Waals surface area contributed by atoms with Crippen molar-refractivity contribution in [1.82, 2.24) is 5.43 Å². The second-order valence-electron chi connectivity index (χ2n) is 4.17. The van der Waals surface area contributed by atoms with Crippen LogP contribution in [0.3, 0.4) is 0 Å². The molecule has 2 aromatic rings. The van der Waals surface area contributed by atoms with Gasteiger partial charge in [-0.2, -0.15) is 0 Å². The highest BCUT2D eigenvalue weighted by Crippen LogP contribution is 2.30. The summed E-state index contributed by atoms with van der Waals surface area (Å²) in [6.07, 6.45) is 3.28. The lowest BCUT2D eigenvalue weighted by atomic mass is 10.1. The lowest BCUT2D eigenvalue weighted by molar-refractivity contribution is 0.407. The molecule has 0 aliphatic rings. The summed E-state index contributed by atoms with van der Waals surface area (Å²) in [5.41, 5.74) is 3.71. The van der Waals surface area contributed by atoms with Crippen LogP contribution in [0.4, 0.5) is 0 Å². The predicted octanol–water partition coefficient (Wildman–Crippen LogP) is 3.89. The first kappa shape index (κ1) is 12.6. The number of hydrogen-bond donors (Lipinski definition) is 2. The molecule has 0 bridgehead atoms. The number of hydrazine groups is 1. The quantitative estimate of drug-likeness (QED) is 0.650. The fraction of sp³-hybridized carbons (Fsp3) is 0.385. The van der Waals surface area contributed by atoms with Gasteiger partial charge in [-0.1, -0.05) is 31.9 Å². The fourth-order valence-electron chi connectivity index (χ4n) is 1.94. The molecular weight excluding hydrogens is 280 g/mol. The van der Waals surface area contributed by atoms with Gasteiger partial charge in [0.2, 0.25) is 0 Å². The Morgan fingerprint density at radius 3 is 2.94 bits per heavy atom. The molecule has 0 saturated carbocycles. The molecule has 0 saturated heterocycles. The van der Waals surface area contributed by atoms with Crippen LogP contribution in [0.25, 0.3) is 11.0 Å². The number of nitrogens with one attached hydrogen (secondary N) is 1. The van der Waals surface area contributed by atoms with Gasteiger partial charge in [-0.15, -0.1) is 0 Å². The van der Waals surface area contributed by atoms with E-state index in [1.165, 1.54) is 0 Å². The maximum atomic E-state index is 5.86. The maximum absolute atomic E-state index is 5.86. The Morgan fingerprint density at radius 1 is 1.47 bits per heavy atom. The highest BCUT2D eigenvalue weighted by Gasteiger charge is 2.15. The number of nitrogens with two attached hydrogens (primary N) is 1. The molecule has 0 aliphatic carbocycles. The fourth-order valence-corrected chi connectivity index (χ4v) is 2.40. The maximum Gasteiger partial charge on any atom is 0.148 e. The monoisotopic (exact) mass is 296 g/mol. The van der Waals surface area contributed by atoms with Crippen LogP contribution in [-0.2, 0) is 0 Å². The van der Waals surface area contributed by atoms with Crippen LogP contribution in [-0.4, -0.2) is 0 Å². The van der Waals surface area contributed by atoms with Crippen molar-refractivity contribution >= 4 is 26.9 Å². The smallest absolute Gasteiger partial charge is 0.148 e. The Morgan fingerprint density at radius 2 is 2.29 bits per heavy atom. The Kier molecular flexibility index (Phi) is 4.20. The SMILES string of the molecule is CCCCC(NN)c1cc2cccc(Br)c2o1. The first-order valence-corrected chi connectivity index (χ1v) is 6.69. The van der Waals surface area contributed by atoms with Crippen molar-refractivity contribution in [3.63, 3.8) is 0 Å². The van der Waals surface area contributed by atoms with Gasteiger partial charge in [0.15, 0.2) is 0 Å². The number of hydrogen-bond acceptors (Lipinski definition) is 3. The molecule has 1 atom stereocenters. The minimum atomic E-state index is 0.0919. The summed E-state index contributed by atoms with van der Waals surface area (Å²) in [4.78, 5) is 0. The summed E-state index contributed by atoms with van der Waals surface area (Å²) in [7, 11) is 0. The second kappa shape index (κ2) is 5.67. The largest absolute Gasteiger partial charge is 0.458 e. The normalized spacial score (nSPS) is 13.1. The van der Waals surface area contributed by atoms with E-state index in [2.05, 4.69) is 34.3 Å². The van der Waals surface area contributed by atoms with E-state index < -0.39 is 0 Å². The van der Waals surface area contributed by atoms with Gasteiger partial charge in [-0.25, -0.2) is 5.43 Å². The Hall–Kier alpha value is -0.840. The van der Waals surface area contributed by atoms with E-state index in [0.717, 1.165) is 40.5 Å². The minimum Gasteiger partial charge on any atom is -0.458 e. The van der Waals surface area contributed by atoms with Crippen LogP contribution in [0.5, 0.6) is 0 Å². The number of para-hydroxylation sites is 1. The predicted molar refractivity (Wildman–Crippen MR) is 73.5 cm³/mol. The van der Waals surface area contributed by atoms with Crippen LogP contribution in [0.1, 0.15) is 38.0 Å². The van der Waals surface area contributed by atoms with Crippen molar-refractivity contribution in [2.75, 3.05) is 0 Å². The molecule has 92 valence electrons. The lowest BCUT2D eigenvalue weighted by Gasteiger charge is -2.11. The van der Waals surface area contributed by atoms with Crippen LogP contribution in [0.2, 0.25) is 0 Å². The molecule has 17 heavy (non-hydrogen) atoms. The average molecular weight is 297 g/mol. The van der Waals surface area contributed by atoms with Gasteiger partial charge in [0.1, 0.15) is 11.3 Å².